The summed E-state index contributed by atoms with van der Waals surface area (Å²) in [6, 6.07) is 7.59. The monoisotopic (exact) mass is 291 g/mol. The summed E-state index contributed by atoms with van der Waals surface area (Å²) >= 11 is 0. The Balaban J connectivity index is 1.97. The lowest BCUT2D eigenvalue weighted by Gasteiger charge is -2.31. The first-order valence-corrected chi connectivity index (χ1v) is 7.99. The molecule has 0 unspecified atom stereocenters. The second-order valence-corrected chi connectivity index (χ2v) is 5.98. The Bertz CT molecular complexity index is 468. The van der Waals surface area contributed by atoms with Gasteiger partial charge >= 0.3 is 0 Å². The summed E-state index contributed by atoms with van der Waals surface area (Å²) in [7, 11) is 0. The molecule has 1 atom stereocenters. The minimum absolute atomic E-state index is 0.0211. The van der Waals surface area contributed by atoms with E-state index in [4.69, 9.17) is 4.74 Å². The second kappa shape index (κ2) is 7.46. The molecule has 21 heavy (non-hydrogen) atoms. The molecule has 4 heteroatoms. The van der Waals surface area contributed by atoms with Crippen molar-refractivity contribution in [2.24, 2.45) is 5.92 Å². The van der Waals surface area contributed by atoms with E-state index in [-0.39, 0.29) is 11.9 Å². The number of benzene rings is 1. The van der Waals surface area contributed by atoms with Crippen molar-refractivity contribution in [2.75, 3.05) is 25.0 Å². The predicted octanol–water partition coefficient (Wildman–Crippen LogP) is 1.73. The van der Waals surface area contributed by atoms with Crippen LogP contribution in [0.3, 0.4) is 0 Å². The lowest BCUT2D eigenvalue weighted by molar-refractivity contribution is -0.919. The molecule has 1 saturated heterocycles. The quantitative estimate of drug-likeness (QED) is 0.867. The summed E-state index contributed by atoms with van der Waals surface area (Å²) in [5.74, 6) is 1.61. The lowest BCUT2D eigenvalue weighted by Crippen LogP contribution is -3.17. The second-order valence-electron chi connectivity index (χ2n) is 5.98. The highest BCUT2D eigenvalue weighted by Crippen LogP contribution is 2.23. The highest BCUT2D eigenvalue weighted by Gasteiger charge is 2.29. The number of hydrogen-bond donors (Lipinski definition) is 2. The molecule has 0 aliphatic carbocycles. The predicted molar refractivity (Wildman–Crippen MR) is 84.8 cm³/mol. The van der Waals surface area contributed by atoms with E-state index < -0.39 is 0 Å². The molecule has 0 spiro atoms. The molecule has 1 aromatic rings. The maximum Gasteiger partial charge on any atom is 0.282 e. The molecule has 1 heterocycles. The van der Waals surface area contributed by atoms with Crippen LogP contribution in [0.2, 0.25) is 0 Å². The fraction of sp³-hybridized carbons (Fsp3) is 0.588. The zero-order chi connectivity index (χ0) is 15.2. The fourth-order valence-corrected chi connectivity index (χ4v) is 2.84. The molecule has 1 aliphatic rings. The molecule has 1 amide bonds. The van der Waals surface area contributed by atoms with Gasteiger partial charge in [-0.1, -0.05) is 19.1 Å². The van der Waals surface area contributed by atoms with E-state index in [1.807, 2.05) is 38.1 Å². The number of amides is 1. The van der Waals surface area contributed by atoms with Crippen molar-refractivity contribution in [3.8, 4) is 5.75 Å². The molecular weight excluding hydrogens is 264 g/mol. The molecule has 2 rings (SSSR count). The van der Waals surface area contributed by atoms with Gasteiger partial charge in [0.15, 0.2) is 6.04 Å². The van der Waals surface area contributed by atoms with Gasteiger partial charge in [0.2, 0.25) is 0 Å². The summed E-state index contributed by atoms with van der Waals surface area (Å²) < 4.78 is 5.56. The number of carbonyl (C=O) groups is 1. The zero-order valence-corrected chi connectivity index (χ0v) is 13.3. The van der Waals surface area contributed by atoms with Crippen LogP contribution in [0.15, 0.2) is 24.3 Å². The summed E-state index contributed by atoms with van der Waals surface area (Å²) in [6.07, 6.45) is 2.42. The van der Waals surface area contributed by atoms with Gasteiger partial charge in [-0.3, -0.25) is 4.79 Å². The third-order valence-corrected chi connectivity index (χ3v) is 4.37. The van der Waals surface area contributed by atoms with Crippen LogP contribution in [0.5, 0.6) is 5.75 Å². The minimum atomic E-state index is -0.0211. The van der Waals surface area contributed by atoms with E-state index >= 15 is 0 Å². The highest BCUT2D eigenvalue weighted by atomic mass is 16.5. The van der Waals surface area contributed by atoms with E-state index in [0.29, 0.717) is 6.61 Å². The van der Waals surface area contributed by atoms with Crippen molar-refractivity contribution in [2.45, 2.75) is 39.7 Å². The van der Waals surface area contributed by atoms with E-state index in [9.17, 15) is 4.79 Å². The van der Waals surface area contributed by atoms with Crippen molar-refractivity contribution in [3.63, 3.8) is 0 Å². The Morgan fingerprint density at radius 3 is 2.71 bits per heavy atom. The molecule has 1 aliphatic heterocycles. The van der Waals surface area contributed by atoms with Gasteiger partial charge in [-0.25, -0.2) is 0 Å². The summed E-state index contributed by atoms with van der Waals surface area (Å²) in [6.45, 7) is 9.02. The first-order chi connectivity index (χ1) is 10.1. The number of rotatable bonds is 5. The molecular formula is C17H27N2O2+. The number of carbonyl (C=O) groups excluding carboxylic acids is 1. The molecule has 1 aromatic carbocycles. The maximum atomic E-state index is 12.5. The molecule has 0 bridgehead atoms. The largest absolute Gasteiger partial charge is 0.492 e. The van der Waals surface area contributed by atoms with E-state index in [1.165, 1.54) is 17.7 Å². The highest BCUT2D eigenvalue weighted by molar-refractivity contribution is 5.94. The van der Waals surface area contributed by atoms with Crippen LogP contribution in [-0.4, -0.2) is 31.6 Å². The van der Waals surface area contributed by atoms with Gasteiger partial charge in [-0.2, -0.15) is 0 Å². The Morgan fingerprint density at radius 2 is 2.05 bits per heavy atom. The molecule has 1 fully saturated rings. The summed E-state index contributed by atoms with van der Waals surface area (Å²) in [4.78, 5) is 13.9. The van der Waals surface area contributed by atoms with Gasteiger partial charge in [0.05, 0.1) is 25.4 Å². The number of quaternary nitrogens is 1. The Morgan fingerprint density at radius 1 is 1.38 bits per heavy atom. The average Bonchev–Trinajstić information content (AvgIpc) is 2.49. The zero-order valence-electron chi connectivity index (χ0n) is 13.3. The number of piperidine rings is 1. The van der Waals surface area contributed by atoms with Crippen LogP contribution >= 0.6 is 0 Å². The van der Waals surface area contributed by atoms with Crippen molar-refractivity contribution >= 4 is 11.6 Å². The molecule has 2 N–H and O–H groups in total. The average molecular weight is 291 g/mol. The SMILES string of the molecule is CCOc1ccccc1NC(=O)[C@H](C)[NH+]1CCC(C)CC1. The number of ether oxygens (including phenoxy) is 1. The van der Waals surface area contributed by atoms with Gasteiger partial charge in [-0.05, 0) is 44.7 Å². The summed E-state index contributed by atoms with van der Waals surface area (Å²) in [5.41, 5.74) is 0.765. The molecule has 0 aromatic heterocycles. The molecule has 4 nitrogen and oxygen atoms in total. The van der Waals surface area contributed by atoms with Crippen molar-refractivity contribution in [1.29, 1.82) is 0 Å². The van der Waals surface area contributed by atoms with Gasteiger partial charge in [0.25, 0.3) is 5.91 Å². The van der Waals surface area contributed by atoms with Crippen LogP contribution < -0.4 is 15.0 Å². The topological polar surface area (TPSA) is 42.8 Å². The Hall–Kier alpha value is -1.55. The van der Waals surface area contributed by atoms with E-state index in [2.05, 4.69) is 12.2 Å². The summed E-state index contributed by atoms with van der Waals surface area (Å²) in [5, 5.41) is 3.02. The van der Waals surface area contributed by atoms with Crippen LogP contribution in [0.1, 0.15) is 33.6 Å². The van der Waals surface area contributed by atoms with Crippen molar-refractivity contribution in [3.05, 3.63) is 24.3 Å². The van der Waals surface area contributed by atoms with Gasteiger partial charge < -0.3 is 15.0 Å². The number of hydrogen-bond acceptors (Lipinski definition) is 2. The van der Waals surface area contributed by atoms with E-state index in [1.54, 1.807) is 0 Å². The molecule has 0 saturated carbocycles. The normalized spacial score (nSPS) is 23.4. The van der Waals surface area contributed by atoms with E-state index in [0.717, 1.165) is 30.4 Å². The number of nitrogens with one attached hydrogen (secondary N) is 2. The minimum Gasteiger partial charge on any atom is -0.492 e. The van der Waals surface area contributed by atoms with Crippen LogP contribution in [-0.2, 0) is 4.79 Å². The number of anilines is 1. The van der Waals surface area contributed by atoms with Crippen molar-refractivity contribution in [1.82, 2.24) is 0 Å². The number of para-hydroxylation sites is 2. The van der Waals surface area contributed by atoms with Gasteiger partial charge in [-0.15, -0.1) is 0 Å². The maximum absolute atomic E-state index is 12.5. The first-order valence-electron chi connectivity index (χ1n) is 7.99. The standard InChI is InChI=1S/C17H26N2O2/c1-4-21-16-8-6-5-7-15(16)18-17(20)14(3)19-11-9-13(2)10-12-19/h5-8,13-14H,4,9-12H2,1-3H3,(H,18,20)/p+1/t14-/m0/s1. The Kier molecular flexibility index (Phi) is 5.62. The Labute approximate surface area is 127 Å². The number of likely N-dealkylation sites (tertiary alicyclic amines) is 1. The molecule has 116 valence electrons. The third-order valence-electron chi connectivity index (χ3n) is 4.37. The van der Waals surface area contributed by atoms with Crippen LogP contribution in [0.4, 0.5) is 5.69 Å². The first kappa shape index (κ1) is 15.8. The van der Waals surface area contributed by atoms with Crippen molar-refractivity contribution < 1.29 is 14.4 Å². The lowest BCUT2D eigenvalue weighted by atomic mass is 9.98. The fourth-order valence-electron chi connectivity index (χ4n) is 2.84. The smallest absolute Gasteiger partial charge is 0.282 e. The third kappa shape index (κ3) is 4.21. The van der Waals surface area contributed by atoms with Gasteiger partial charge in [0.1, 0.15) is 5.75 Å². The van der Waals surface area contributed by atoms with Crippen LogP contribution in [0, 0.1) is 5.92 Å². The van der Waals surface area contributed by atoms with Gasteiger partial charge in [0, 0.05) is 0 Å². The molecule has 0 radical (unpaired) electrons. The van der Waals surface area contributed by atoms with Crippen LogP contribution in [0.25, 0.3) is 0 Å².